The van der Waals surface area contributed by atoms with Crippen LogP contribution in [0.25, 0.3) is 10.4 Å². The van der Waals surface area contributed by atoms with Gasteiger partial charge in [-0.2, -0.15) is 21.6 Å². The van der Waals surface area contributed by atoms with Gasteiger partial charge in [0.2, 0.25) is 0 Å². The summed E-state index contributed by atoms with van der Waals surface area (Å²) in [7, 11) is -4.82. The second-order valence-corrected chi connectivity index (χ2v) is 6.98. The van der Waals surface area contributed by atoms with E-state index in [1.54, 1.807) is 30.3 Å². The van der Waals surface area contributed by atoms with E-state index in [4.69, 9.17) is 19.7 Å². The Morgan fingerprint density at radius 2 is 1.93 bits per heavy atom. The molecule has 0 bridgehead atoms. The third-order valence-corrected chi connectivity index (χ3v) is 4.67. The molecule has 1 heterocycles. The van der Waals surface area contributed by atoms with Crippen molar-refractivity contribution in [3.8, 4) is 0 Å². The van der Waals surface area contributed by atoms with Crippen molar-refractivity contribution >= 4 is 10.1 Å². The molecule has 0 radical (unpaired) electrons. The van der Waals surface area contributed by atoms with Crippen LogP contribution in [0.3, 0.4) is 0 Å². The van der Waals surface area contributed by atoms with Crippen molar-refractivity contribution < 1.29 is 40.0 Å². The first kappa shape index (κ1) is 21.4. The first-order valence-corrected chi connectivity index (χ1v) is 8.94. The standard InChI is InChI=1S/C14H16F3N3O6S/c1-23-13-12(26-27(21,22)14(15,16)17)11(10(25-13)7-19-20-18)24-8-9-5-3-2-4-6-9/h2-6,10-13H,7-8H2,1H3/t10-,11+,12-,13?/m1/s1. The molecular formula is C14H16F3N3O6S. The predicted molar refractivity (Wildman–Crippen MR) is 84.5 cm³/mol. The van der Waals surface area contributed by atoms with Gasteiger partial charge in [0.25, 0.3) is 0 Å². The molecule has 2 rings (SSSR count). The highest BCUT2D eigenvalue weighted by Crippen LogP contribution is 2.33. The molecule has 9 nitrogen and oxygen atoms in total. The van der Waals surface area contributed by atoms with Crippen molar-refractivity contribution in [3.05, 3.63) is 46.3 Å². The van der Waals surface area contributed by atoms with Gasteiger partial charge in [0, 0.05) is 12.0 Å². The van der Waals surface area contributed by atoms with Gasteiger partial charge in [-0.05, 0) is 11.1 Å². The van der Waals surface area contributed by atoms with E-state index >= 15 is 0 Å². The highest BCUT2D eigenvalue weighted by atomic mass is 32.2. The minimum Gasteiger partial charge on any atom is -0.368 e. The Balaban J connectivity index is 2.25. The highest BCUT2D eigenvalue weighted by molar-refractivity contribution is 7.87. The second kappa shape index (κ2) is 8.87. The third kappa shape index (κ3) is 5.31. The molecule has 4 atom stereocenters. The molecule has 0 N–H and O–H groups in total. The molecule has 1 aromatic rings. The SMILES string of the molecule is COC1O[C@H](CN=[N+]=[N-])[C@H](OCc2ccccc2)[C@H]1OS(=O)(=O)C(F)(F)F. The smallest absolute Gasteiger partial charge is 0.368 e. The molecule has 1 saturated heterocycles. The van der Waals surface area contributed by atoms with Crippen molar-refractivity contribution in [1.29, 1.82) is 0 Å². The van der Waals surface area contributed by atoms with Gasteiger partial charge in [0.15, 0.2) is 12.4 Å². The number of methoxy groups -OCH3 is 1. The molecule has 1 aliphatic rings. The maximum Gasteiger partial charge on any atom is 0.523 e. The van der Waals surface area contributed by atoms with Crippen molar-refractivity contribution in [2.45, 2.75) is 36.7 Å². The minimum atomic E-state index is -5.93. The van der Waals surface area contributed by atoms with Gasteiger partial charge in [0.05, 0.1) is 19.3 Å². The quantitative estimate of drug-likeness (QED) is 0.213. The van der Waals surface area contributed by atoms with Gasteiger partial charge in [-0.1, -0.05) is 35.4 Å². The number of nitrogens with zero attached hydrogens (tertiary/aromatic N) is 3. The van der Waals surface area contributed by atoms with E-state index in [2.05, 4.69) is 14.2 Å². The summed E-state index contributed by atoms with van der Waals surface area (Å²) in [4.78, 5) is 2.55. The number of hydrogen-bond acceptors (Lipinski definition) is 7. The Labute approximate surface area is 152 Å². The summed E-state index contributed by atoms with van der Waals surface area (Å²) >= 11 is 0. The zero-order chi connectivity index (χ0) is 20.1. The van der Waals surface area contributed by atoms with Gasteiger partial charge in [-0.25, -0.2) is 0 Å². The maximum absolute atomic E-state index is 12.7. The average Bonchev–Trinajstić information content (AvgIpc) is 2.94. The Kier molecular flexibility index (Phi) is 7.03. The molecule has 0 amide bonds. The van der Waals surface area contributed by atoms with Gasteiger partial charge in [0.1, 0.15) is 6.10 Å². The number of rotatable bonds is 8. The lowest BCUT2D eigenvalue weighted by Crippen LogP contribution is -2.42. The molecule has 1 aromatic carbocycles. The van der Waals surface area contributed by atoms with Crippen LogP contribution in [-0.2, 0) is 35.1 Å². The summed E-state index contributed by atoms with van der Waals surface area (Å²) in [6, 6.07) is 8.61. The van der Waals surface area contributed by atoms with E-state index in [0.717, 1.165) is 7.11 Å². The van der Waals surface area contributed by atoms with Crippen molar-refractivity contribution in [2.24, 2.45) is 5.11 Å². The molecule has 0 spiro atoms. The van der Waals surface area contributed by atoms with Crippen LogP contribution in [-0.4, -0.2) is 52.2 Å². The van der Waals surface area contributed by atoms with E-state index in [0.29, 0.717) is 5.56 Å². The fourth-order valence-corrected chi connectivity index (χ4v) is 3.02. The van der Waals surface area contributed by atoms with Crippen molar-refractivity contribution in [1.82, 2.24) is 0 Å². The number of azide groups is 1. The first-order chi connectivity index (χ1) is 12.7. The lowest BCUT2D eigenvalue weighted by Gasteiger charge is -2.23. The zero-order valence-electron chi connectivity index (χ0n) is 13.9. The van der Waals surface area contributed by atoms with Gasteiger partial charge in [-0.3, -0.25) is 4.18 Å². The monoisotopic (exact) mass is 411 g/mol. The average molecular weight is 411 g/mol. The molecule has 0 saturated carbocycles. The molecule has 1 unspecified atom stereocenters. The van der Waals surface area contributed by atoms with E-state index < -0.39 is 40.2 Å². The van der Waals surface area contributed by atoms with Crippen LogP contribution < -0.4 is 0 Å². The molecule has 27 heavy (non-hydrogen) atoms. The maximum atomic E-state index is 12.7. The Morgan fingerprint density at radius 1 is 1.26 bits per heavy atom. The van der Waals surface area contributed by atoms with E-state index in [1.807, 2.05) is 0 Å². The minimum absolute atomic E-state index is 0.0655. The summed E-state index contributed by atoms with van der Waals surface area (Å²) in [6.07, 6.45) is -5.58. The summed E-state index contributed by atoms with van der Waals surface area (Å²) < 4.78 is 81.0. The second-order valence-electron chi connectivity index (χ2n) is 5.41. The Hall–Kier alpha value is -1.89. The molecule has 150 valence electrons. The number of benzene rings is 1. The number of halogens is 3. The molecule has 1 aliphatic heterocycles. The van der Waals surface area contributed by atoms with E-state index in [1.165, 1.54) is 0 Å². The number of ether oxygens (including phenoxy) is 3. The van der Waals surface area contributed by atoms with Gasteiger partial charge in [-0.15, -0.1) is 0 Å². The van der Waals surface area contributed by atoms with Crippen molar-refractivity contribution in [3.63, 3.8) is 0 Å². The molecular weight excluding hydrogens is 395 g/mol. The van der Waals surface area contributed by atoms with Crippen LogP contribution in [0.15, 0.2) is 35.4 Å². The van der Waals surface area contributed by atoms with Crippen LogP contribution in [0.1, 0.15) is 5.56 Å². The van der Waals surface area contributed by atoms with Crippen LogP contribution in [0, 0.1) is 0 Å². The fourth-order valence-electron chi connectivity index (χ4n) is 2.42. The zero-order valence-corrected chi connectivity index (χ0v) is 14.8. The normalized spacial score (nSPS) is 25.9. The van der Waals surface area contributed by atoms with Crippen LogP contribution in [0.5, 0.6) is 0 Å². The molecule has 0 aliphatic carbocycles. The predicted octanol–water partition coefficient (Wildman–Crippen LogP) is 2.49. The lowest BCUT2D eigenvalue weighted by atomic mass is 10.1. The third-order valence-electron chi connectivity index (χ3n) is 3.63. The Morgan fingerprint density at radius 3 is 2.48 bits per heavy atom. The summed E-state index contributed by atoms with van der Waals surface area (Å²) in [5.41, 5.74) is 3.51. The molecule has 1 fully saturated rings. The molecule has 0 aromatic heterocycles. The van der Waals surface area contributed by atoms with Crippen LogP contribution in [0.2, 0.25) is 0 Å². The Bertz CT molecular complexity index is 770. The van der Waals surface area contributed by atoms with E-state index in [9.17, 15) is 21.6 Å². The first-order valence-electron chi connectivity index (χ1n) is 7.54. The van der Waals surface area contributed by atoms with Crippen LogP contribution >= 0.6 is 0 Å². The summed E-state index contributed by atoms with van der Waals surface area (Å²) in [5, 5.41) is 3.30. The van der Waals surface area contributed by atoms with E-state index in [-0.39, 0.29) is 13.2 Å². The van der Waals surface area contributed by atoms with Crippen molar-refractivity contribution in [2.75, 3.05) is 13.7 Å². The number of alkyl halides is 3. The fraction of sp³-hybridized carbons (Fsp3) is 0.571. The topological polar surface area (TPSA) is 120 Å². The molecule has 13 heteroatoms. The summed E-state index contributed by atoms with van der Waals surface area (Å²) in [5.74, 6) is 0. The van der Waals surface area contributed by atoms with Crippen LogP contribution in [0.4, 0.5) is 13.2 Å². The number of hydrogen-bond donors (Lipinski definition) is 0. The lowest BCUT2D eigenvalue weighted by molar-refractivity contribution is -0.144. The van der Waals surface area contributed by atoms with Gasteiger partial charge < -0.3 is 14.2 Å². The largest absolute Gasteiger partial charge is 0.523 e. The summed E-state index contributed by atoms with van der Waals surface area (Å²) in [6.45, 7) is -0.383. The van der Waals surface area contributed by atoms with Gasteiger partial charge >= 0.3 is 15.6 Å². The highest BCUT2D eigenvalue weighted by Gasteiger charge is 2.55.